The maximum atomic E-state index is 5.34. The number of allylic oxidation sites excluding steroid dienone is 3. The molecule has 0 aliphatic carbocycles. The van der Waals surface area contributed by atoms with Crippen molar-refractivity contribution in [3.8, 4) is 0 Å². The molecule has 0 saturated carbocycles. The summed E-state index contributed by atoms with van der Waals surface area (Å²) in [5.41, 5.74) is 7.67. The normalized spacial score (nSPS) is 12.9. The highest BCUT2D eigenvalue weighted by Crippen LogP contribution is 2.12. The summed E-state index contributed by atoms with van der Waals surface area (Å²) in [5, 5.41) is 0. The number of likely N-dealkylation sites (N-methyl/N-ethyl adjacent to an activating group) is 1. The molecule has 2 nitrogen and oxygen atoms in total. The van der Waals surface area contributed by atoms with E-state index in [2.05, 4.69) is 13.5 Å². The van der Waals surface area contributed by atoms with Gasteiger partial charge in [-0.2, -0.15) is 0 Å². The third-order valence-electron chi connectivity index (χ3n) is 1.69. The lowest BCUT2D eigenvalue weighted by molar-refractivity contribution is 0.523. The van der Waals surface area contributed by atoms with E-state index >= 15 is 0 Å². The Morgan fingerprint density at radius 2 is 2.08 bits per heavy atom. The maximum absolute atomic E-state index is 5.34. The minimum Gasteiger partial charge on any atom is -0.405 e. The minimum absolute atomic E-state index is 0.974. The lowest BCUT2D eigenvalue weighted by atomic mass is 10.1. The molecule has 2 N–H and O–H groups in total. The Morgan fingerprint density at radius 1 is 1.50 bits per heavy atom. The summed E-state index contributed by atoms with van der Waals surface area (Å²) in [5.74, 6) is 0. The average Bonchev–Trinajstić information content (AvgIpc) is 2.05. The van der Waals surface area contributed by atoms with Gasteiger partial charge in [-0.25, -0.2) is 0 Å². The van der Waals surface area contributed by atoms with Crippen molar-refractivity contribution in [1.82, 2.24) is 4.90 Å². The quantitative estimate of drug-likeness (QED) is 0.646. The summed E-state index contributed by atoms with van der Waals surface area (Å²) in [6.07, 6.45) is 6.28. The third kappa shape index (κ3) is 2.82. The SMILES string of the molecule is C=C/C(CC)=C(/C=C\N)N(C)C. The molecule has 0 saturated heterocycles. The van der Waals surface area contributed by atoms with E-state index in [0.717, 1.165) is 12.1 Å². The van der Waals surface area contributed by atoms with Gasteiger partial charge in [-0.15, -0.1) is 0 Å². The zero-order valence-electron chi connectivity index (χ0n) is 8.17. The van der Waals surface area contributed by atoms with Gasteiger partial charge in [-0.1, -0.05) is 19.6 Å². The standard InChI is InChI=1S/C10H18N2/c1-5-9(6-2)10(7-8-11)12(3)4/h5,7-8H,1,6,11H2,2-4H3/b8-7-,10-9+. The highest BCUT2D eigenvalue weighted by atomic mass is 15.1. The van der Waals surface area contributed by atoms with Crippen molar-refractivity contribution < 1.29 is 0 Å². The van der Waals surface area contributed by atoms with Crippen molar-refractivity contribution >= 4 is 0 Å². The van der Waals surface area contributed by atoms with Gasteiger partial charge in [0.05, 0.1) is 0 Å². The first-order chi connectivity index (χ1) is 5.67. The molecule has 0 aromatic carbocycles. The van der Waals surface area contributed by atoms with Crippen LogP contribution in [0.2, 0.25) is 0 Å². The van der Waals surface area contributed by atoms with Crippen molar-refractivity contribution in [1.29, 1.82) is 0 Å². The van der Waals surface area contributed by atoms with Crippen LogP contribution in [-0.4, -0.2) is 19.0 Å². The Balaban J connectivity index is 4.88. The van der Waals surface area contributed by atoms with Crippen molar-refractivity contribution in [2.24, 2.45) is 5.73 Å². The number of nitrogens with zero attached hydrogens (tertiary/aromatic N) is 1. The Bertz CT molecular complexity index is 200. The van der Waals surface area contributed by atoms with Crippen LogP contribution in [0.1, 0.15) is 13.3 Å². The monoisotopic (exact) mass is 166 g/mol. The lowest BCUT2D eigenvalue weighted by Crippen LogP contribution is -2.11. The average molecular weight is 166 g/mol. The molecule has 2 heteroatoms. The third-order valence-corrected chi connectivity index (χ3v) is 1.69. The summed E-state index contributed by atoms with van der Waals surface area (Å²) in [4.78, 5) is 2.03. The predicted molar refractivity (Wildman–Crippen MR) is 54.5 cm³/mol. The van der Waals surface area contributed by atoms with Gasteiger partial charge < -0.3 is 10.6 Å². The summed E-state index contributed by atoms with van der Waals surface area (Å²) in [6, 6.07) is 0. The molecule has 0 aliphatic rings. The minimum atomic E-state index is 0.974. The van der Waals surface area contributed by atoms with Crippen LogP contribution in [0.5, 0.6) is 0 Å². The fourth-order valence-corrected chi connectivity index (χ4v) is 1.06. The fourth-order valence-electron chi connectivity index (χ4n) is 1.06. The highest BCUT2D eigenvalue weighted by molar-refractivity contribution is 5.30. The van der Waals surface area contributed by atoms with Gasteiger partial charge in [0.1, 0.15) is 0 Å². The first-order valence-electron chi connectivity index (χ1n) is 4.08. The number of hydrogen-bond acceptors (Lipinski definition) is 2. The zero-order chi connectivity index (χ0) is 9.56. The first-order valence-corrected chi connectivity index (χ1v) is 4.08. The fraction of sp³-hybridized carbons (Fsp3) is 0.400. The van der Waals surface area contributed by atoms with Crippen LogP contribution in [0.15, 0.2) is 36.2 Å². The van der Waals surface area contributed by atoms with Gasteiger partial charge >= 0.3 is 0 Å². The largest absolute Gasteiger partial charge is 0.405 e. The Labute approximate surface area is 75.1 Å². The van der Waals surface area contributed by atoms with Crippen LogP contribution in [-0.2, 0) is 0 Å². The molecule has 0 amide bonds. The van der Waals surface area contributed by atoms with Gasteiger partial charge in [0, 0.05) is 19.8 Å². The van der Waals surface area contributed by atoms with Gasteiger partial charge in [-0.05, 0) is 24.3 Å². The molecule has 0 bridgehead atoms. The topological polar surface area (TPSA) is 29.3 Å². The summed E-state index contributed by atoms with van der Waals surface area (Å²) >= 11 is 0. The highest BCUT2D eigenvalue weighted by Gasteiger charge is 1.99. The second kappa shape index (κ2) is 5.47. The van der Waals surface area contributed by atoms with E-state index < -0.39 is 0 Å². The van der Waals surface area contributed by atoms with Crippen molar-refractivity contribution in [3.05, 3.63) is 36.2 Å². The van der Waals surface area contributed by atoms with Crippen LogP contribution >= 0.6 is 0 Å². The molecule has 0 heterocycles. The number of rotatable bonds is 4. The van der Waals surface area contributed by atoms with Crippen molar-refractivity contribution in [2.75, 3.05) is 14.1 Å². The molecule has 0 fully saturated rings. The van der Waals surface area contributed by atoms with Gasteiger partial charge in [-0.3, -0.25) is 0 Å². The van der Waals surface area contributed by atoms with E-state index in [9.17, 15) is 0 Å². The van der Waals surface area contributed by atoms with Crippen LogP contribution in [0.25, 0.3) is 0 Å². The Kier molecular flexibility index (Phi) is 4.93. The van der Waals surface area contributed by atoms with E-state index in [1.165, 1.54) is 5.57 Å². The molecule has 0 radical (unpaired) electrons. The van der Waals surface area contributed by atoms with E-state index in [1.807, 2.05) is 31.1 Å². The molecule has 0 aromatic heterocycles. The van der Waals surface area contributed by atoms with E-state index in [-0.39, 0.29) is 0 Å². The van der Waals surface area contributed by atoms with Crippen molar-refractivity contribution in [3.63, 3.8) is 0 Å². The molecule has 0 rings (SSSR count). The second-order valence-corrected chi connectivity index (χ2v) is 2.72. The summed E-state index contributed by atoms with van der Waals surface area (Å²) < 4.78 is 0. The van der Waals surface area contributed by atoms with Crippen LogP contribution in [0.4, 0.5) is 0 Å². The van der Waals surface area contributed by atoms with Gasteiger partial charge in [0.25, 0.3) is 0 Å². The van der Waals surface area contributed by atoms with E-state index in [4.69, 9.17) is 5.73 Å². The molecular formula is C10H18N2. The molecule has 12 heavy (non-hydrogen) atoms. The lowest BCUT2D eigenvalue weighted by Gasteiger charge is -2.16. The van der Waals surface area contributed by atoms with E-state index in [0.29, 0.717) is 0 Å². The van der Waals surface area contributed by atoms with Crippen molar-refractivity contribution in [2.45, 2.75) is 13.3 Å². The van der Waals surface area contributed by atoms with E-state index in [1.54, 1.807) is 6.20 Å². The molecule has 0 aliphatic heterocycles. The first kappa shape index (κ1) is 10.8. The second-order valence-electron chi connectivity index (χ2n) is 2.72. The number of nitrogens with two attached hydrogens (primary N) is 1. The zero-order valence-corrected chi connectivity index (χ0v) is 8.17. The predicted octanol–water partition coefficient (Wildman–Crippen LogP) is 1.87. The molecule has 0 spiro atoms. The van der Waals surface area contributed by atoms with Gasteiger partial charge in [0.15, 0.2) is 0 Å². The molecular weight excluding hydrogens is 148 g/mol. The Morgan fingerprint density at radius 3 is 2.33 bits per heavy atom. The van der Waals surface area contributed by atoms with Crippen LogP contribution < -0.4 is 5.73 Å². The smallest absolute Gasteiger partial charge is 0.0407 e. The number of hydrogen-bond donors (Lipinski definition) is 1. The molecule has 0 atom stereocenters. The van der Waals surface area contributed by atoms with Crippen LogP contribution in [0.3, 0.4) is 0 Å². The maximum Gasteiger partial charge on any atom is 0.0407 e. The molecule has 68 valence electrons. The summed E-state index contributed by atoms with van der Waals surface area (Å²) in [6.45, 7) is 5.86. The van der Waals surface area contributed by atoms with Crippen LogP contribution in [0, 0.1) is 0 Å². The molecule has 0 unspecified atom stereocenters. The summed E-state index contributed by atoms with van der Waals surface area (Å²) in [7, 11) is 3.99. The Hall–Kier alpha value is -1.18. The molecule has 0 aromatic rings. The van der Waals surface area contributed by atoms with Gasteiger partial charge in [0.2, 0.25) is 0 Å².